The molecule has 1 unspecified atom stereocenters. The summed E-state index contributed by atoms with van der Waals surface area (Å²) in [5.74, 6) is -2.29. The van der Waals surface area contributed by atoms with Crippen LogP contribution >= 0.6 is 0 Å². The summed E-state index contributed by atoms with van der Waals surface area (Å²) in [6.45, 7) is 0. The van der Waals surface area contributed by atoms with Gasteiger partial charge in [-0.25, -0.2) is 8.42 Å². The first-order chi connectivity index (χ1) is 10.9. The lowest BCUT2D eigenvalue weighted by molar-refractivity contribution is -0.137. The molecule has 1 aromatic carbocycles. The van der Waals surface area contributed by atoms with E-state index in [1.165, 1.54) is 0 Å². The molecule has 1 atom stereocenters. The van der Waals surface area contributed by atoms with Crippen LogP contribution in [-0.4, -0.2) is 36.4 Å². The standard InChI is InChI=1S/C16H21NO5S/c18-15(11-23(21,22)13-8-4-5-9-13)17-14(10-16(19)20)12-6-2-1-3-7-12/h1-3,6-7,13-14H,4-5,8-11H2,(H,17,18)(H,19,20). The van der Waals surface area contributed by atoms with Crippen LogP contribution in [-0.2, 0) is 19.4 Å². The number of carboxylic acids is 1. The van der Waals surface area contributed by atoms with E-state index >= 15 is 0 Å². The molecule has 0 heterocycles. The van der Waals surface area contributed by atoms with Crippen LogP contribution in [0.2, 0.25) is 0 Å². The van der Waals surface area contributed by atoms with Crippen LogP contribution in [0.1, 0.15) is 43.7 Å². The molecular formula is C16H21NO5S. The van der Waals surface area contributed by atoms with Crippen molar-refractivity contribution < 1.29 is 23.1 Å². The van der Waals surface area contributed by atoms with E-state index in [0.717, 1.165) is 12.8 Å². The second-order valence-electron chi connectivity index (χ2n) is 5.84. The molecule has 1 saturated carbocycles. The Morgan fingerprint density at radius 3 is 2.35 bits per heavy atom. The molecule has 1 aliphatic rings. The van der Waals surface area contributed by atoms with E-state index in [1.807, 2.05) is 0 Å². The van der Waals surface area contributed by atoms with E-state index in [1.54, 1.807) is 30.3 Å². The van der Waals surface area contributed by atoms with E-state index in [-0.39, 0.29) is 6.42 Å². The zero-order valence-electron chi connectivity index (χ0n) is 12.8. The Bertz CT molecular complexity index is 650. The van der Waals surface area contributed by atoms with Crippen LogP contribution in [0.5, 0.6) is 0 Å². The topological polar surface area (TPSA) is 101 Å². The van der Waals surface area contributed by atoms with Crippen molar-refractivity contribution in [1.82, 2.24) is 5.32 Å². The number of benzene rings is 1. The lowest BCUT2D eigenvalue weighted by atomic mass is 10.0. The van der Waals surface area contributed by atoms with Gasteiger partial charge in [-0.3, -0.25) is 9.59 Å². The Kier molecular flexibility index (Phi) is 5.76. The summed E-state index contributed by atoms with van der Waals surface area (Å²) in [7, 11) is -3.47. The summed E-state index contributed by atoms with van der Waals surface area (Å²) < 4.78 is 24.4. The molecular weight excluding hydrogens is 318 g/mol. The Hall–Kier alpha value is -1.89. The number of carbonyl (C=O) groups is 2. The van der Waals surface area contributed by atoms with Crippen LogP contribution < -0.4 is 5.32 Å². The van der Waals surface area contributed by atoms with Gasteiger partial charge in [-0.05, 0) is 18.4 Å². The molecule has 0 aliphatic heterocycles. The number of hydrogen-bond acceptors (Lipinski definition) is 4. The van der Waals surface area contributed by atoms with E-state index in [0.29, 0.717) is 18.4 Å². The first kappa shape index (κ1) is 17.5. The summed E-state index contributed by atoms with van der Waals surface area (Å²) >= 11 is 0. The zero-order chi connectivity index (χ0) is 16.9. The highest BCUT2D eigenvalue weighted by Crippen LogP contribution is 2.25. The number of rotatable bonds is 7. The van der Waals surface area contributed by atoms with Gasteiger partial charge < -0.3 is 10.4 Å². The van der Waals surface area contributed by atoms with Gasteiger partial charge >= 0.3 is 5.97 Å². The number of hydrogen-bond donors (Lipinski definition) is 2. The predicted molar refractivity (Wildman–Crippen MR) is 85.6 cm³/mol. The number of sulfone groups is 1. The SMILES string of the molecule is O=C(O)CC(NC(=O)CS(=O)(=O)C1CCCC1)c1ccccc1. The highest BCUT2D eigenvalue weighted by Gasteiger charge is 2.31. The fourth-order valence-corrected chi connectivity index (χ4v) is 4.63. The van der Waals surface area contributed by atoms with Crippen LogP contribution in [0, 0.1) is 0 Å². The number of carboxylic acid groups (broad SMARTS) is 1. The van der Waals surface area contributed by atoms with Gasteiger partial charge in [-0.2, -0.15) is 0 Å². The van der Waals surface area contributed by atoms with Crippen molar-refractivity contribution in [3.63, 3.8) is 0 Å². The third kappa shape index (κ3) is 5.06. The molecule has 0 bridgehead atoms. The average molecular weight is 339 g/mol. The third-order valence-corrected chi connectivity index (χ3v) is 6.21. The Morgan fingerprint density at radius 1 is 1.17 bits per heavy atom. The van der Waals surface area contributed by atoms with Crippen LogP contribution in [0.3, 0.4) is 0 Å². The van der Waals surface area contributed by atoms with Gasteiger partial charge in [0.05, 0.1) is 17.7 Å². The molecule has 1 fully saturated rings. The van der Waals surface area contributed by atoms with Crippen molar-refractivity contribution in [3.05, 3.63) is 35.9 Å². The van der Waals surface area contributed by atoms with Gasteiger partial charge in [0.25, 0.3) is 0 Å². The monoisotopic (exact) mass is 339 g/mol. The number of amides is 1. The lowest BCUT2D eigenvalue weighted by Gasteiger charge is -2.18. The molecule has 2 N–H and O–H groups in total. The van der Waals surface area contributed by atoms with Crippen molar-refractivity contribution >= 4 is 21.7 Å². The van der Waals surface area contributed by atoms with Crippen LogP contribution in [0.15, 0.2) is 30.3 Å². The molecule has 1 amide bonds. The number of nitrogens with one attached hydrogen (secondary N) is 1. The van der Waals surface area contributed by atoms with Gasteiger partial charge in [0.2, 0.25) is 5.91 Å². The number of aliphatic carboxylic acids is 1. The summed E-state index contributed by atoms with van der Waals surface area (Å²) in [5, 5.41) is 11.1. The van der Waals surface area contributed by atoms with E-state index in [9.17, 15) is 18.0 Å². The minimum absolute atomic E-state index is 0.292. The third-order valence-electron chi connectivity index (χ3n) is 4.06. The first-order valence-electron chi connectivity index (χ1n) is 7.66. The smallest absolute Gasteiger partial charge is 0.305 e. The summed E-state index contributed by atoms with van der Waals surface area (Å²) in [5.41, 5.74) is 0.640. The minimum atomic E-state index is -3.47. The van der Waals surface area contributed by atoms with Gasteiger partial charge in [0, 0.05) is 0 Å². The predicted octanol–water partition coefficient (Wildman–Crippen LogP) is 1.68. The maximum absolute atomic E-state index is 12.2. The van der Waals surface area contributed by atoms with Gasteiger partial charge in [-0.1, -0.05) is 43.2 Å². The summed E-state index contributed by atoms with van der Waals surface area (Å²) in [6.07, 6.45) is 2.66. The van der Waals surface area contributed by atoms with E-state index in [2.05, 4.69) is 5.32 Å². The van der Waals surface area contributed by atoms with Crippen LogP contribution in [0.25, 0.3) is 0 Å². The zero-order valence-corrected chi connectivity index (χ0v) is 13.6. The average Bonchev–Trinajstić information content (AvgIpc) is 3.01. The van der Waals surface area contributed by atoms with Crippen molar-refractivity contribution in [2.24, 2.45) is 0 Å². The fraction of sp³-hybridized carbons (Fsp3) is 0.500. The molecule has 6 nitrogen and oxygen atoms in total. The second kappa shape index (κ2) is 7.59. The fourth-order valence-electron chi connectivity index (χ4n) is 2.90. The molecule has 0 spiro atoms. The van der Waals surface area contributed by atoms with Crippen molar-refractivity contribution in [1.29, 1.82) is 0 Å². The van der Waals surface area contributed by atoms with Gasteiger partial charge in [-0.15, -0.1) is 0 Å². The Labute approximate surface area is 135 Å². The van der Waals surface area contributed by atoms with Crippen molar-refractivity contribution in [2.45, 2.75) is 43.4 Å². The van der Waals surface area contributed by atoms with E-state index in [4.69, 9.17) is 5.11 Å². The van der Waals surface area contributed by atoms with Crippen molar-refractivity contribution in [2.75, 3.05) is 5.75 Å². The van der Waals surface area contributed by atoms with Gasteiger partial charge in [0.15, 0.2) is 9.84 Å². The Balaban J connectivity index is 2.04. The maximum atomic E-state index is 12.2. The molecule has 0 radical (unpaired) electrons. The van der Waals surface area contributed by atoms with Crippen LogP contribution in [0.4, 0.5) is 0 Å². The molecule has 1 aliphatic carbocycles. The largest absolute Gasteiger partial charge is 0.481 e. The molecule has 0 aromatic heterocycles. The molecule has 7 heteroatoms. The highest BCUT2D eigenvalue weighted by atomic mass is 32.2. The quantitative estimate of drug-likeness (QED) is 0.787. The Morgan fingerprint density at radius 2 is 1.78 bits per heavy atom. The molecule has 126 valence electrons. The summed E-state index contributed by atoms with van der Waals surface area (Å²) in [4.78, 5) is 23.1. The second-order valence-corrected chi connectivity index (χ2v) is 8.12. The molecule has 1 aromatic rings. The number of carbonyl (C=O) groups excluding carboxylic acids is 1. The van der Waals surface area contributed by atoms with E-state index < -0.39 is 38.8 Å². The molecule has 23 heavy (non-hydrogen) atoms. The van der Waals surface area contributed by atoms with Gasteiger partial charge in [0.1, 0.15) is 5.75 Å². The maximum Gasteiger partial charge on any atom is 0.305 e. The molecule has 2 rings (SSSR count). The summed E-state index contributed by atoms with van der Waals surface area (Å²) in [6, 6.07) is 7.95. The highest BCUT2D eigenvalue weighted by molar-refractivity contribution is 7.92. The molecule has 0 saturated heterocycles. The minimum Gasteiger partial charge on any atom is -0.481 e. The van der Waals surface area contributed by atoms with Crippen molar-refractivity contribution in [3.8, 4) is 0 Å². The normalized spacial score (nSPS) is 16.9. The lowest BCUT2D eigenvalue weighted by Crippen LogP contribution is -2.37. The first-order valence-corrected chi connectivity index (χ1v) is 9.37.